The number of carbonyl (C=O) groups excluding carboxylic acids is 1. The summed E-state index contributed by atoms with van der Waals surface area (Å²) in [4.78, 5) is 12.6. The predicted octanol–water partition coefficient (Wildman–Crippen LogP) is 6.68. The lowest BCUT2D eigenvalue weighted by molar-refractivity contribution is -0.143. The summed E-state index contributed by atoms with van der Waals surface area (Å²) in [5, 5.41) is 0. The SMILES string of the molecule is CCOC(=O)CCCc1ccc(OCc2c(F)cccc2-c2ccc(SC)cc2)cc1. The quantitative estimate of drug-likeness (QED) is 0.261. The molecule has 0 radical (unpaired) electrons. The largest absolute Gasteiger partial charge is 0.489 e. The minimum Gasteiger partial charge on any atom is -0.489 e. The van der Waals surface area contributed by atoms with Crippen molar-refractivity contribution in [2.45, 2.75) is 37.7 Å². The normalized spacial score (nSPS) is 10.7. The molecule has 3 aromatic rings. The van der Waals surface area contributed by atoms with Crippen molar-refractivity contribution in [2.75, 3.05) is 12.9 Å². The van der Waals surface area contributed by atoms with Crippen molar-refractivity contribution < 1.29 is 18.7 Å². The van der Waals surface area contributed by atoms with Crippen molar-refractivity contribution in [3.8, 4) is 16.9 Å². The van der Waals surface area contributed by atoms with Crippen molar-refractivity contribution in [1.82, 2.24) is 0 Å². The summed E-state index contributed by atoms with van der Waals surface area (Å²) < 4.78 is 25.4. The maximum Gasteiger partial charge on any atom is 0.305 e. The topological polar surface area (TPSA) is 35.5 Å². The fourth-order valence-corrected chi connectivity index (χ4v) is 3.73. The van der Waals surface area contributed by atoms with Gasteiger partial charge in [0.25, 0.3) is 0 Å². The van der Waals surface area contributed by atoms with E-state index in [-0.39, 0.29) is 18.4 Å². The molecule has 162 valence electrons. The van der Waals surface area contributed by atoms with E-state index in [9.17, 15) is 9.18 Å². The van der Waals surface area contributed by atoms with Gasteiger partial charge in [0.1, 0.15) is 18.2 Å². The molecule has 3 rings (SSSR count). The van der Waals surface area contributed by atoms with Gasteiger partial charge in [0.15, 0.2) is 0 Å². The molecule has 0 saturated carbocycles. The summed E-state index contributed by atoms with van der Waals surface area (Å²) in [6, 6.07) is 20.9. The van der Waals surface area contributed by atoms with E-state index in [1.54, 1.807) is 17.8 Å². The van der Waals surface area contributed by atoms with Gasteiger partial charge in [-0.05, 0) is 73.0 Å². The van der Waals surface area contributed by atoms with Gasteiger partial charge < -0.3 is 9.47 Å². The van der Waals surface area contributed by atoms with Gasteiger partial charge in [0.05, 0.1) is 6.61 Å². The van der Waals surface area contributed by atoms with E-state index in [4.69, 9.17) is 9.47 Å². The number of ether oxygens (including phenoxy) is 2. The highest BCUT2D eigenvalue weighted by molar-refractivity contribution is 7.98. The highest BCUT2D eigenvalue weighted by Crippen LogP contribution is 2.29. The van der Waals surface area contributed by atoms with Crippen molar-refractivity contribution in [2.24, 2.45) is 0 Å². The second-order valence-corrected chi connectivity index (χ2v) is 7.97. The first-order valence-electron chi connectivity index (χ1n) is 10.4. The molecule has 0 saturated heterocycles. The van der Waals surface area contributed by atoms with E-state index in [0.29, 0.717) is 24.3 Å². The Hall–Kier alpha value is -2.79. The minimum absolute atomic E-state index is 0.147. The van der Waals surface area contributed by atoms with E-state index in [2.05, 4.69) is 0 Å². The third kappa shape index (κ3) is 6.59. The predicted molar refractivity (Wildman–Crippen MR) is 124 cm³/mol. The molecule has 0 spiro atoms. The minimum atomic E-state index is -0.276. The third-order valence-corrected chi connectivity index (χ3v) is 5.72. The third-order valence-electron chi connectivity index (χ3n) is 4.98. The van der Waals surface area contributed by atoms with E-state index >= 15 is 0 Å². The first-order chi connectivity index (χ1) is 15.1. The van der Waals surface area contributed by atoms with Gasteiger partial charge in [0.2, 0.25) is 0 Å². The lowest BCUT2D eigenvalue weighted by Gasteiger charge is -2.13. The number of halogens is 1. The van der Waals surface area contributed by atoms with Crippen LogP contribution in [0.15, 0.2) is 71.6 Å². The number of thioether (sulfide) groups is 1. The van der Waals surface area contributed by atoms with Crippen molar-refractivity contribution in [1.29, 1.82) is 0 Å². The Labute approximate surface area is 187 Å². The summed E-state index contributed by atoms with van der Waals surface area (Å²) in [6.45, 7) is 2.37. The second-order valence-electron chi connectivity index (χ2n) is 7.09. The van der Waals surface area contributed by atoms with Gasteiger partial charge in [-0.3, -0.25) is 4.79 Å². The zero-order valence-corrected chi connectivity index (χ0v) is 18.7. The van der Waals surface area contributed by atoms with E-state index in [0.717, 1.165) is 29.5 Å². The van der Waals surface area contributed by atoms with Crippen molar-refractivity contribution in [3.05, 3.63) is 83.7 Å². The number of hydrogen-bond acceptors (Lipinski definition) is 4. The summed E-state index contributed by atoms with van der Waals surface area (Å²) in [6.07, 6.45) is 3.98. The molecule has 0 aliphatic heterocycles. The first-order valence-corrected chi connectivity index (χ1v) is 11.6. The lowest BCUT2D eigenvalue weighted by atomic mass is 10.00. The van der Waals surface area contributed by atoms with E-state index in [1.807, 2.05) is 67.8 Å². The number of benzene rings is 3. The average molecular weight is 439 g/mol. The smallest absolute Gasteiger partial charge is 0.305 e. The fourth-order valence-electron chi connectivity index (χ4n) is 3.32. The first kappa shape index (κ1) is 22.9. The molecular weight excluding hydrogens is 411 g/mol. The zero-order valence-electron chi connectivity index (χ0n) is 17.9. The highest BCUT2D eigenvalue weighted by atomic mass is 32.2. The van der Waals surface area contributed by atoms with Crippen LogP contribution in [0.2, 0.25) is 0 Å². The molecule has 0 N–H and O–H groups in total. The Balaban J connectivity index is 1.62. The van der Waals surface area contributed by atoms with Crippen LogP contribution in [0.4, 0.5) is 4.39 Å². The van der Waals surface area contributed by atoms with Crippen LogP contribution >= 0.6 is 11.8 Å². The lowest BCUT2D eigenvalue weighted by Crippen LogP contribution is -2.04. The van der Waals surface area contributed by atoms with Crippen LogP contribution in [-0.2, 0) is 22.6 Å². The van der Waals surface area contributed by atoms with Crippen LogP contribution in [0.25, 0.3) is 11.1 Å². The molecule has 0 fully saturated rings. The van der Waals surface area contributed by atoms with Crippen LogP contribution < -0.4 is 4.74 Å². The average Bonchev–Trinajstić information content (AvgIpc) is 2.79. The molecule has 0 aliphatic rings. The summed E-state index contributed by atoms with van der Waals surface area (Å²) in [5.74, 6) is 0.245. The molecule has 0 aliphatic carbocycles. The number of esters is 1. The van der Waals surface area contributed by atoms with Gasteiger partial charge >= 0.3 is 5.97 Å². The summed E-state index contributed by atoms with van der Waals surface area (Å²) in [5.41, 5.74) is 3.46. The summed E-state index contributed by atoms with van der Waals surface area (Å²) in [7, 11) is 0. The molecule has 0 aromatic heterocycles. The molecular formula is C26H27FO3S. The fraction of sp³-hybridized carbons (Fsp3) is 0.269. The molecule has 0 bridgehead atoms. The van der Waals surface area contributed by atoms with Crippen molar-refractivity contribution >= 4 is 17.7 Å². The Morgan fingerprint density at radius 2 is 1.74 bits per heavy atom. The molecule has 0 unspecified atom stereocenters. The van der Waals surface area contributed by atoms with Gasteiger partial charge in [-0.1, -0.05) is 36.4 Å². The number of carbonyl (C=O) groups is 1. The van der Waals surface area contributed by atoms with E-state index in [1.165, 1.54) is 11.0 Å². The second kappa shape index (κ2) is 11.6. The van der Waals surface area contributed by atoms with E-state index < -0.39 is 0 Å². The van der Waals surface area contributed by atoms with Gasteiger partial charge in [-0.25, -0.2) is 4.39 Å². The zero-order chi connectivity index (χ0) is 22.1. The maximum absolute atomic E-state index is 14.6. The standard InChI is InChI=1S/C26H27FO3S/c1-3-29-26(28)9-4-6-19-10-14-21(15-11-19)30-18-24-23(7-5-8-25(24)27)20-12-16-22(31-2)17-13-20/h5,7-8,10-17H,3-4,6,9,18H2,1-2H3. The van der Waals surface area contributed by atoms with Gasteiger partial charge in [-0.15, -0.1) is 11.8 Å². The molecule has 3 aromatic carbocycles. The van der Waals surface area contributed by atoms with Gasteiger partial charge in [0, 0.05) is 16.9 Å². The number of hydrogen-bond donors (Lipinski definition) is 0. The monoisotopic (exact) mass is 438 g/mol. The Bertz CT molecular complexity index is 985. The van der Waals surface area contributed by atoms with Crippen LogP contribution in [0.3, 0.4) is 0 Å². The van der Waals surface area contributed by atoms with Crippen LogP contribution in [0.5, 0.6) is 5.75 Å². The molecule has 3 nitrogen and oxygen atoms in total. The molecule has 5 heteroatoms. The van der Waals surface area contributed by atoms with Gasteiger partial charge in [-0.2, -0.15) is 0 Å². The number of aryl methyl sites for hydroxylation is 1. The molecule has 0 heterocycles. The van der Waals surface area contributed by atoms with Crippen LogP contribution in [0.1, 0.15) is 30.9 Å². The maximum atomic E-state index is 14.6. The highest BCUT2D eigenvalue weighted by Gasteiger charge is 2.11. The molecule has 31 heavy (non-hydrogen) atoms. The Morgan fingerprint density at radius 1 is 1.00 bits per heavy atom. The van der Waals surface area contributed by atoms with Crippen LogP contribution in [-0.4, -0.2) is 18.8 Å². The summed E-state index contributed by atoms with van der Waals surface area (Å²) >= 11 is 1.68. The molecule has 0 atom stereocenters. The number of rotatable bonds is 10. The van der Waals surface area contributed by atoms with Crippen LogP contribution in [0, 0.1) is 5.82 Å². The Morgan fingerprint density at radius 3 is 2.42 bits per heavy atom. The Kier molecular flexibility index (Phi) is 8.53. The molecule has 0 amide bonds. The van der Waals surface area contributed by atoms with Crippen molar-refractivity contribution in [3.63, 3.8) is 0 Å².